The van der Waals surface area contributed by atoms with E-state index in [9.17, 15) is 29.2 Å². The molecule has 15 nitrogen and oxygen atoms in total. The van der Waals surface area contributed by atoms with E-state index in [1.165, 1.54) is 0 Å². The maximum absolute atomic E-state index is 13.5. The number of carbonyl (C=O) groups is 5. The van der Waals surface area contributed by atoms with Crippen LogP contribution in [-0.4, -0.2) is 133 Å². The van der Waals surface area contributed by atoms with E-state index in [1.807, 2.05) is 18.2 Å². The number of pyridine rings is 1. The van der Waals surface area contributed by atoms with Gasteiger partial charge in [0, 0.05) is 107 Å². The smallest absolute Gasteiger partial charge is 0.262 e. The summed E-state index contributed by atoms with van der Waals surface area (Å²) < 4.78 is 6.37. The van der Waals surface area contributed by atoms with Crippen molar-refractivity contribution in [3.8, 4) is 11.8 Å². The standard InChI is InChI=1S/C44H50ClN9O6/c1-43(2)41(44(3,4)42(43)60-30-8-5-27(25-46)33(45)24-30)49-37(56)28-6-11-35(47-26-28)53-21-17-51(18-22-53)14-13-50-15-19-52(20-16-50)29-7-9-31-32(23-29)40(59)54(39(31)58)34-10-12-36(55)48-38(34)57/h5-9,11,23-24,26,34,41-42H,10,12-22H2,1-4H3,(H,49,56)(H,48,55,57). The molecule has 2 N–H and O–H groups in total. The van der Waals surface area contributed by atoms with E-state index in [-0.39, 0.29) is 47.3 Å². The molecule has 1 unspecified atom stereocenters. The van der Waals surface area contributed by atoms with Crippen LogP contribution < -0.4 is 25.2 Å². The first kappa shape index (κ1) is 41.2. The number of rotatable bonds is 10. The summed E-state index contributed by atoms with van der Waals surface area (Å²) in [5.74, 6) is -0.737. The Morgan fingerprint density at radius 2 is 1.52 bits per heavy atom. The van der Waals surface area contributed by atoms with Gasteiger partial charge in [0.2, 0.25) is 11.8 Å². The van der Waals surface area contributed by atoms with Gasteiger partial charge < -0.3 is 19.9 Å². The van der Waals surface area contributed by atoms with Crippen molar-refractivity contribution in [2.75, 3.05) is 75.2 Å². The molecule has 0 radical (unpaired) electrons. The van der Waals surface area contributed by atoms with Gasteiger partial charge >= 0.3 is 0 Å². The van der Waals surface area contributed by atoms with Crippen LogP contribution in [0.5, 0.6) is 5.75 Å². The Labute approximate surface area is 354 Å². The number of aromatic nitrogens is 1. The fourth-order valence-corrected chi connectivity index (χ4v) is 10.1. The summed E-state index contributed by atoms with van der Waals surface area (Å²) in [7, 11) is 0. The fourth-order valence-electron chi connectivity index (χ4n) is 9.89. The van der Waals surface area contributed by atoms with E-state index in [0.717, 1.165) is 81.9 Å². The molecule has 1 aliphatic carbocycles. The van der Waals surface area contributed by atoms with Crippen LogP contribution in [0.25, 0.3) is 0 Å². The van der Waals surface area contributed by atoms with Gasteiger partial charge in [-0.2, -0.15) is 5.26 Å². The maximum atomic E-state index is 13.5. The minimum Gasteiger partial charge on any atom is -0.489 e. The first-order chi connectivity index (χ1) is 28.6. The van der Waals surface area contributed by atoms with Gasteiger partial charge in [0.1, 0.15) is 29.8 Å². The van der Waals surface area contributed by atoms with E-state index >= 15 is 0 Å². The van der Waals surface area contributed by atoms with Crippen molar-refractivity contribution in [2.45, 2.75) is 58.7 Å². The third-order valence-electron chi connectivity index (χ3n) is 13.0. The summed E-state index contributed by atoms with van der Waals surface area (Å²) in [6, 6.07) is 15.1. The molecule has 2 aromatic carbocycles. The average Bonchev–Trinajstić information content (AvgIpc) is 3.49. The molecule has 4 fully saturated rings. The Bertz CT molecular complexity index is 2240. The Hall–Kier alpha value is -5.56. The molecule has 1 saturated carbocycles. The van der Waals surface area contributed by atoms with E-state index in [2.05, 4.69) is 69.0 Å². The highest BCUT2D eigenvalue weighted by Crippen LogP contribution is 2.55. The third kappa shape index (κ3) is 7.68. The number of benzene rings is 2. The van der Waals surface area contributed by atoms with Crippen LogP contribution in [0.4, 0.5) is 11.5 Å². The molecule has 5 amide bonds. The number of fused-ring (bicyclic) bond motifs is 1. The maximum Gasteiger partial charge on any atom is 0.262 e. The number of nitrogens with zero attached hydrogens (tertiary/aromatic N) is 7. The minimum atomic E-state index is -0.978. The van der Waals surface area contributed by atoms with E-state index < -0.39 is 29.7 Å². The van der Waals surface area contributed by atoms with Gasteiger partial charge in [-0.05, 0) is 48.9 Å². The SMILES string of the molecule is CC1(C)C(NC(=O)c2ccc(N3CCN(CCN4CCN(c5ccc6c(c5)C(=O)N(C5CCC(=O)NC5=O)C6=O)CC4)CC3)nc2)C(C)(C)C1Oc1ccc(C#N)c(Cl)c1. The van der Waals surface area contributed by atoms with Crippen LogP contribution in [-0.2, 0) is 9.59 Å². The molecule has 1 aromatic heterocycles. The van der Waals surface area contributed by atoms with E-state index in [4.69, 9.17) is 16.3 Å². The number of carbonyl (C=O) groups excluding carboxylic acids is 5. The number of amides is 5. The number of hydrogen-bond donors (Lipinski definition) is 2. The lowest BCUT2D eigenvalue weighted by Gasteiger charge is -2.63. The molecule has 60 heavy (non-hydrogen) atoms. The monoisotopic (exact) mass is 835 g/mol. The van der Waals surface area contributed by atoms with Gasteiger partial charge in [0.15, 0.2) is 0 Å². The highest BCUT2D eigenvalue weighted by molar-refractivity contribution is 6.31. The van der Waals surface area contributed by atoms with Crippen molar-refractivity contribution in [1.82, 2.24) is 30.3 Å². The molecule has 8 rings (SSSR count). The molecule has 16 heteroatoms. The number of piperazine rings is 2. The highest BCUT2D eigenvalue weighted by Gasteiger charge is 2.64. The second kappa shape index (κ2) is 16.1. The Morgan fingerprint density at radius 3 is 2.12 bits per heavy atom. The van der Waals surface area contributed by atoms with Crippen LogP contribution in [0.2, 0.25) is 5.02 Å². The number of anilines is 2. The number of halogens is 1. The van der Waals surface area contributed by atoms with Gasteiger partial charge in [0.25, 0.3) is 17.7 Å². The van der Waals surface area contributed by atoms with E-state index in [1.54, 1.807) is 36.5 Å². The lowest BCUT2D eigenvalue weighted by atomic mass is 9.49. The van der Waals surface area contributed by atoms with Crippen LogP contribution in [0.15, 0.2) is 54.7 Å². The summed E-state index contributed by atoms with van der Waals surface area (Å²) in [6.45, 7) is 17.0. The summed E-state index contributed by atoms with van der Waals surface area (Å²) in [4.78, 5) is 79.0. The van der Waals surface area contributed by atoms with Crippen molar-refractivity contribution >= 4 is 52.6 Å². The van der Waals surface area contributed by atoms with Gasteiger partial charge in [-0.3, -0.25) is 44.0 Å². The van der Waals surface area contributed by atoms with Crippen molar-refractivity contribution in [3.05, 3.63) is 82.0 Å². The molecule has 0 bridgehead atoms. The lowest BCUT2D eigenvalue weighted by Crippen LogP contribution is -2.74. The molecule has 5 aliphatic rings. The Balaban J connectivity index is 0.769. The Kier molecular flexibility index (Phi) is 11.1. The number of ether oxygens (including phenoxy) is 1. The molecule has 1 atom stereocenters. The summed E-state index contributed by atoms with van der Waals surface area (Å²) in [5.41, 5.74) is 1.61. The quantitative estimate of drug-likeness (QED) is 0.285. The molecule has 4 aliphatic heterocycles. The first-order valence-electron chi connectivity index (χ1n) is 20.6. The van der Waals surface area contributed by atoms with Crippen LogP contribution in [0, 0.1) is 22.2 Å². The summed E-state index contributed by atoms with van der Waals surface area (Å²) in [5, 5.41) is 15.0. The molecular weight excluding hydrogens is 786 g/mol. The second-order valence-electron chi connectivity index (χ2n) is 17.5. The van der Waals surface area contributed by atoms with Gasteiger partial charge in [0.05, 0.1) is 27.3 Å². The normalized spacial score (nSPS) is 24.1. The zero-order chi connectivity index (χ0) is 42.5. The van der Waals surface area contributed by atoms with Crippen molar-refractivity contribution < 1.29 is 28.7 Å². The number of nitriles is 1. The Morgan fingerprint density at radius 1 is 0.867 bits per heavy atom. The van der Waals surface area contributed by atoms with E-state index in [0.29, 0.717) is 27.5 Å². The van der Waals surface area contributed by atoms with Crippen LogP contribution >= 0.6 is 11.6 Å². The highest BCUT2D eigenvalue weighted by atomic mass is 35.5. The lowest BCUT2D eigenvalue weighted by molar-refractivity contribution is -0.164. The second-order valence-corrected chi connectivity index (χ2v) is 17.9. The molecular formula is C44H50ClN9O6. The minimum absolute atomic E-state index is 0.0873. The van der Waals surface area contributed by atoms with Crippen LogP contribution in [0.1, 0.15) is 77.2 Å². The number of piperidine rings is 1. The topological polar surface area (TPSA) is 172 Å². The summed E-state index contributed by atoms with van der Waals surface area (Å²) in [6.07, 6.45) is 1.67. The predicted octanol–water partition coefficient (Wildman–Crippen LogP) is 3.56. The van der Waals surface area contributed by atoms with Crippen LogP contribution in [0.3, 0.4) is 0 Å². The molecule has 3 aromatic rings. The largest absolute Gasteiger partial charge is 0.489 e. The zero-order valence-corrected chi connectivity index (χ0v) is 35.1. The molecule has 5 heterocycles. The summed E-state index contributed by atoms with van der Waals surface area (Å²) >= 11 is 6.25. The van der Waals surface area contributed by atoms with Crippen molar-refractivity contribution in [2.24, 2.45) is 10.8 Å². The van der Waals surface area contributed by atoms with Gasteiger partial charge in [-0.15, -0.1) is 0 Å². The zero-order valence-electron chi connectivity index (χ0n) is 34.4. The fraction of sp³-hybridized carbons (Fsp3) is 0.477. The van der Waals surface area contributed by atoms with Gasteiger partial charge in [-0.1, -0.05) is 39.3 Å². The third-order valence-corrected chi connectivity index (χ3v) is 13.3. The van der Waals surface area contributed by atoms with Crippen molar-refractivity contribution in [3.63, 3.8) is 0 Å². The van der Waals surface area contributed by atoms with Crippen molar-refractivity contribution in [1.29, 1.82) is 5.26 Å². The van der Waals surface area contributed by atoms with Gasteiger partial charge in [-0.25, -0.2) is 4.98 Å². The first-order valence-corrected chi connectivity index (χ1v) is 21.0. The predicted molar refractivity (Wildman–Crippen MR) is 224 cm³/mol. The average molecular weight is 836 g/mol. The number of imide groups is 2. The molecule has 3 saturated heterocycles. The molecule has 314 valence electrons. The molecule has 0 spiro atoms. The number of hydrogen-bond acceptors (Lipinski definition) is 12. The number of nitrogens with one attached hydrogen (secondary N) is 2.